The predicted octanol–water partition coefficient (Wildman–Crippen LogP) is 0.737. The van der Waals surface area contributed by atoms with E-state index in [0.717, 1.165) is 10.7 Å². The fourth-order valence-corrected chi connectivity index (χ4v) is 3.21. The first-order valence-corrected chi connectivity index (χ1v) is 7.28. The van der Waals surface area contributed by atoms with Crippen molar-refractivity contribution in [3.8, 4) is 0 Å². The molecule has 6 nitrogen and oxygen atoms in total. The van der Waals surface area contributed by atoms with Crippen molar-refractivity contribution >= 4 is 23.2 Å². The molecule has 0 aliphatic carbocycles. The molecule has 1 N–H and O–H groups in total. The zero-order valence-corrected chi connectivity index (χ0v) is 13.0. The van der Waals surface area contributed by atoms with E-state index in [4.69, 9.17) is 4.74 Å². The van der Waals surface area contributed by atoms with Crippen LogP contribution < -0.4 is 5.32 Å². The standard InChI is InChI=1S/C13H19N3O3S/c1-8-10(20-9(2)15-8)11(17)16-5-6-19-13(3,7-16)12(18)14-4/h5-7H2,1-4H3,(H,14,18). The molecular formula is C13H19N3O3S. The smallest absolute Gasteiger partial charge is 0.266 e. The summed E-state index contributed by atoms with van der Waals surface area (Å²) >= 11 is 1.39. The lowest BCUT2D eigenvalue weighted by molar-refractivity contribution is -0.153. The van der Waals surface area contributed by atoms with E-state index in [1.54, 1.807) is 18.9 Å². The number of rotatable bonds is 2. The van der Waals surface area contributed by atoms with E-state index < -0.39 is 5.60 Å². The van der Waals surface area contributed by atoms with Crippen LogP contribution in [0.25, 0.3) is 0 Å². The maximum Gasteiger partial charge on any atom is 0.266 e. The lowest BCUT2D eigenvalue weighted by atomic mass is 10.0. The van der Waals surface area contributed by atoms with Crippen LogP contribution in [0.4, 0.5) is 0 Å². The van der Waals surface area contributed by atoms with Gasteiger partial charge in [0, 0.05) is 13.6 Å². The summed E-state index contributed by atoms with van der Waals surface area (Å²) in [6.45, 7) is 6.50. The third-order valence-corrected chi connectivity index (χ3v) is 4.43. The van der Waals surface area contributed by atoms with Crippen molar-refractivity contribution < 1.29 is 14.3 Å². The van der Waals surface area contributed by atoms with Crippen LogP contribution in [0.1, 0.15) is 27.3 Å². The Morgan fingerprint density at radius 2 is 2.15 bits per heavy atom. The maximum absolute atomic E-state index is 12.5. The number of aryl methyl sites for hydroxylation is 2. The zero-order valence-electron chi connectivity index (χ0n) is 12.1. The number of nitrogens with one attached hydrogen (secondary N) is 1. The molecule has 0 bridgehead atoms. The van der Waals surface area contributed by atoms with Gasteiger partial charge in [0.15, 0.2) is 5.60 Å². The quantitative estimate of drug-likeness (QED) is 0.874. The number of nitrogens with zero attached hydrogens (tertiary/aromatic N) is 2. The summed E-state index contributed by atoms with van der Waals surface area (Å²) in [5, 5.41) is 3.45. The Labute approximate surface area is 122 Å². The highest BCUT2D eigenvalue weighted by molar-refractivity contribution is 7.13. The fraction of sp³-hybridized carbons (Fsp3) is 0.615. The molecule has 2 amide bonds. The van der Waals surface area contributed by atoms with Gasteiger partial charge in [-0.05, 0) is 20.8 Å². The zero-order chi connectivity index (χ0) is 14.9. The molecular weight excluding hydrogens is 278 g/mol. The topological polar surface area (TPSA) is 71.5 Å². The highest BCUT2D eigenvalue weighted by atomic mass is 32.1. The molecule has 2 heterocycles. The van der Waals surface area contributed by atoms with E-state index in [0.29, 0.717) is 18.0 Å². The van der Waals surface area contributed by atoms with Gasteiger partial charge in [-0.3, -0.25) is 9.59 Å². The summed E-state index contributed by atoms with van der Waals surface area (Å²) in [5.74, 6) is -0.293. The van der Waals surface area contributed by atoms with Crippen LogP contribution in [-0.2, 0) is 9.53 Å². The molecule has 0 spiro atoms. The molecule has 1 aromatic rings. The third kappa shape index (κ3) is 2.69. The Morgan fingerprint density at radius 3 is 2.70 bits per heavy atom. The van der Waals surface area contributed by atoms with Gasteiger partial charge in [0.2, 0.25) is 0 Å². The minimum Gasteiger partial charge on any atom is -0.362 e. The molecule has 7 heteroatoms. The Morgan fingerprint density at radius 1 is 1.45 bits per heavy atom. The van der Waals surface area contributed by atoms with Gasteiger partial charge in [0.25, 0.3) is 11.8 Å². The molecule has 1 atom stereocenters. The number of carbonyl (C=O) groups excluding carboxylic acids is 2. The van der Waals surface area contributed by atoms with Gasteiger partial charge in [-0.25, -0.2) is 4.98 Å². The molecule has 0 saturated carbocycles. The molecule has 1 saturated heterocycles. The molecule has 1 fully saturated rings. The van der Waals surface area contributed by atoms with Crippen LogP contribution in [0.3, 0.4) is 0 Å². The minimum absolute atomic E-state index is 0.0773. The Kier molecular flexibility index (Phi) is 4.10. The lowest BCUT2D eigenvalue weighted by Gasteiger charge is -2.38. The van der Waals surface area contributed by atoms with Crippen LogP contribution in [0.15, 0.2) is 0 Å². The highest BCUT2D eigenvalue weighted by Gasteiger charge is 2.40. The summed E-state index contributed by atoms with van der Waals surface area (Å²) in [7, 11) is 1.56. The highest BCUT2D eigenvalue weighted by Crippen LogP contribution is 2.23. The van der Waals surface area contributed by atoms with Crippen molar-refractivity contribution in [1.29, 1.82) is 0 Å². The number of amides is 2. The van der Waals surface area contributed by atoms with Gasteiger partial charge >= 0.3 is 0 Å². The predicted molar refractivity (Wildman–Crippen MR) is 75.9 cm³/mol. The lowest BCUT2D eigenvalue weighted by Crippen LogP contribution is -2.58. The van der Waals surface area contributed by atoms with Gasteiger partial charge in [0.05, 0.1) is 23.9 Å². The Balaban J connectivity index is 2.19. The van der Waals surface area contributed by atoms with Gasteiger partial charge < -0.3 is 15.0 Å². The molecule has 1 aromatic heterocycles. The number of thiazole rings is 1. The van der Waals surface area contributed by atoms with Crippen molar-refractivity contribution in [1.82, 2.24) is 15.2 Å². The number of carbonyl (C=O) groups is 2. The van der Waals surface area contributed by atoms with Crippen molar-refractivity contribution in [2.24, 2.45) is 0 Å². The number of hydrogen-bond donors (Lipinski definition) is 1. The average molecular weight is 297 g/mol. The molecule has 1 aliphatic rings. The summed E-state index contributed by atoms with van der Waals surface area (Å²) in [6, 6.07) is 0. The number of aromatic nitrogens is 1. The second kappa shape index (κ2) is 5.49. The van der Waals surface area contributed by atoms with Crippen molar-refractivity contribution in [3.63, 3.8) is 0 Å². The van der Waals surface area contributed by atoms with Crippen LogP contribution in [0.2, 0.25) is 0 Å². The maximum atomic E-state index is 12.5. The van der Waals surface area contributed by atoms with E-state index in [2.05, 4.69) is 10.3 Å². The van der Waals surface area contributed by atoms with E-state index in [1.807, 2.05) is 13.8 Å². The number of ether oxygens (including phenoxy) is 1. The monoisotopic (exact) mass is 297 g/mol. The first kappa shape index (κ1) is 14.9. The molecule has 0 aromatic carbocycles. The van der Waals surface area contributed by atoms with Crippen LogP contribution in [0, 0.1) is 13.8 Å². The molecule has 1 unspecified atom stereocenters. The fourth-order valence-electron chi connectivity index (χ4n) is 2.32. The molecule has 0 radical (unpaired) electrons. The minimum atomic E-state index is -0.990. The van der Waals surface area contributed by atoms with E-state index in [-0.39, 0.29) is 18.4 Å². The van der Waals surface area contributed by atoms with Gasteiger partial charge in [0.1, 0.15) is 4.88 Å². The Bertz CT molecular complexity index is 543. The first-order valence-electron chi connectivity index (χ1n) is 6.47. The normalized spacial score (nSPS) is 22.7. The van der Waals surface area contributed by atoms with Crippen LogP contribution in [-0.4, -0.2) is 54.0 Å². The van der Waals surface area contributed by atoms with Crippen LogP contribution >= 0.6 is 11.3 Å². The molecule has 110 valence electrons. The number of hydrogen-bond acceptors (Lipinski definition) is 5. The molecule has 2 rings (SSSR count). The molecule has 1 aliphatic heterocycles. The second-order valence-corrected chi connectivity index (χ2v) is 6.24. The summed E-state index contributed by atoms with van der Waals surface area (Å²) < 4.78 is 5.55. The number of morpholine rings is 1. The van der Waals surface area contributed by atoms with Gasteiger partial charge in [-0.1, -0.05) is 0 Å². The average Bonchev–Trinajstić information content (AvgIpc) is 2.76. The van der Waals surface area contributed by atoms with Crippen molar-refractivity contribution in [2.45, 2.75) is 26.4 Å². The van der Waals surface area contributed by atoms with Crippen molar-refractivity contribution in [2.75, 3.05) is 26.7 Å². The number of likely N-dealkylation sites (N-methyl/N-ethyl adjacent to an activating group) is 1. The first-order chi connectivity index (χ1) is 9.37. The Hall–Kier alpha value is -1.47. The summed E-state index contributed by atoms with van der Waals surface area (Å²) in [5.41, 5.74) is -0.248. The van der Waals surface area contributed by atoms with Gasteiger partial charge in [-0.2, -0.15) is 0 Å². The van der Waals surface area contributed by atoms with E-state index in [9.17, 15) is 9.59 Å². The summed E-state index contributed by atoms with van der Waals surface area (Å²) in [4.78, 5) is 31.0. The SMILES string of the molecule is CNC(=O)C1(C)CN(C(=O)c2sc(C)nc2C)CCO1. The van der Waals surface area contributed by atoms with Crippen molar-refractivity contribution in [3.05, 3.63) is 15.6 Å². The van der Waals surface area contributed by atoms with Crippen LogP contribution in [0.5, 0.6) is 0 Å². The van der Waals surface area contributed by atoms with Gasteiger partial charge in [-0.15, -0.1) is 11.3 Å². The molecule has 20 heavy (non-hydrogen) atoms. The third-order valence-electron chi connectivity index (χ3n) is 3.37. The van der Waals surface area contributed by atoms with E-state index in [1.165, 1.54) is 11.3 Å². The van der Waals surface area contributed by atoms with E-state index >= 15 is 0 Å². The summed E-state index contributed by atoms with van der Waals surface area (Å²) in [6.07, 6.45) is 0. The largest absolute Gasteiger partial charge is 0.362 e. The second-order valence-electron chi connectivity index (χ2n) is 5.03.